The third-order valence-electron chi connectivity index (χ3n) is 2.90. The predicted molar refractivity (Wildman–Crippen MR) is 90.1 cm³/mol. The van der Waals surface area contributed by atoms with Crippen LogP contribution in [-0.4, -0.2) is 19.1 Å². The van der Waals surface area contributed by atoms with Crippen LogP contribution in [0.3, 0.4) is 0 Å². The molecule has 0 radical (unpaired) electrons. The Kier molecular flexibility index (Phi) is 6.37. The van der Waals surface area contributed by atoms with Crippen molar-refractivity contribution in [2.75, 3.05) is 13.2 Å². The molecule has 0 atom stereocenters. The van der Waals surface area contributed by atoms with Crippen LogP contribution >= 0.6 is 34.8 Å². The van der Waals surface area contributed by atoms with Crippen molar-refractivity contribution in [3.8, 4) is 5.75 Å². The third-order valence-corrected chi connectivity index (χ3v) is 3.70. The summed E-state index contributed by atoms with van der Waals surface area (Å²) in [5, 5.41) is 4.39. The smallest absolute Gasteiger partial charge is 0.257 e. The highest BCUT2D eigenvalue weighted by Crippen LogP contribution is 2.27. The van der Waals surface area contributed by atoms with E-state index in [-0.39, 0.29) is 12.5 Å². The number of carbonyl (C=O) groups excluding carboxylic acids is 1. The monoisotopic (exact) mass is 357 g/mol. The summed E-state index contributed by atoms with van der Waals surface area (Å²) in [5.74, 6) is 0.173. The number of hydrogen-bond acceptors (Lipinski definition) is 2. The van der Waals surface area contributed by atoms with Gasteiger partial charge in [-0.15, -0.1) is 0 Å². The quantitative estimate of drug-likeness (QED) is 0.832. The van der Waals surface area contributed by atoms with E-state index in [2.05, 4.69) is 5.32 Å². The Morgan fingerprint density at radius 2 is 1.68 bits per heavy atom. The summed E-state index contributed by atoms with van der Waals surface area (Å²) in [4.78, 5) is 11.7. The van der Waals surface area contributed by atoms with E-state index < -0.39 is 0 Å². The molecule has 0 fully saturated rings. The van der Waals surface area contributed by atoms with Crippen molar-refractivity contribution in [3.05, 3.63) is 63.1 Å². The summed E-state index contributed by atoms with van der Waals surface area (Å²) in [5.41, 5.74) is 1.10. The van der Waals surface area contributed by atoms with Crippen LogP contribution in [-0.2, 0) is 11.2 Å². The van der Waals surface area contributed by atoms with Gasteiger partial charge >= 0.3 is 0 Å². The van der Waals surface area contributed by atoms with Crippen molar-refractivity contribution in [2.24, 2.45) is 0 Å². The van der Waals surface area contributed by atoms with Crippen molar-refractivity contribution >= 4 is 40.7 Å². The van der Waals surface area contributed by atoms with E-state index in [9.17, 15) is 4.79 Å². The molecule has 3 nitrogen and oxygen atoms in total. The van der Waals surface area contributed by atoms with Crippen LogP contribution in [0.2, 0.25) is 15.1 Å². The van der Waals surface area contributed by atoms with Gasteiger partial charge in [-0.1, -0.05) is 46.9 Å². The summed E-state index contributed by atoms with van der Waals surface area (Å²) < 4.78 is 5.35. The lowest BCUT2D eigenvalue weighted by atomic mass is 10.1. The zero-order chi connectivity index (χ0) is 15.9. The molecule has 1 amide bonds. The number of rotatable bonds is 6. The molecule has 22 heavy (non-hydrogen) atoms. The van der Waals surface area contributed by atoms with Gasteiger partial charge in [0.05, 0.1) is 5.02 Å². The predicted octanol–water partition coefficient (Wildman–Crippen LogP) is 4.38. The Bertz CT molecular complexity index is 644. The average Bonchev–Trinajstić information content (AvgIpc) is 2.50. The van der Waals surface area contributed by atoms with E-state index in [0.717, 1.165) is 12.0 Å². The number of hydrogen-bond donors (Lipinski definition) is 1. The standard InChI is InChI=1S/C16H14Cl3NO2/c17-12-3-1-11(2-4-12)7-8-20-16(21)10-22-15-9-13(18)5-6-14(15)19/h1-6,9H,7-8,10H2,(H,20,21). The largest absolute Gasteiger partial charge is 0.482 e. The molecule has 0 saturated carbocycles. The molecule has 116 valence electrons. The number of benzene rings is 2. The molecule has 0 bridgehead atoms. The maximum atomic E-state index is 11.7. The fraction of sp³-hybridized carbons (Fsp3) is 0.188. The molecular formula is C16H14Cl3NO2. The van der Waals surface area contributed by atoms with Gasteiger partial charge in [-0.25, -0.2) is 0 Å². The zero-order valence-corrected chi connectivity index (χ0v) is 13.9. The van der Waals surface area contributed by atoms with Gasteiger partial charge in [-0.05, 0) is 36.2 Å². The van der Waals surface area contributed by atoms with Crippen LogP contribution in [0.5, 0.6) is 5.75 Å². The van der Waals surface area contributed by atoms with Gasteiger partial charge in [0.25, 0.3) is 5.91 Å². The Morgan fingerprint density at radius 3 is 2.41 bits per heavy atom. The molecular weight excluding hydrogens is 345 g/mol. The first-order chi connectivity index (χ1) is 10.5. The lowest BCUT2D eigenvalue weighted by Gasteiger charge is -2.09. The van der Waals surface area contributed by atoms with Crippen molar-refractivity contribution < 1.29 is 9.53 Å². The molecule has 0 spiro atoms. The zero-order valence-electron chi connectivity index (χ0n) is 11.6. The van der Waals surface area contributed by atoms with E-state index >= 15 is 0 Å². The van der Waals surface area contributed by atoms with Crippen molar-refractivity contribution in [1.82, 2.24) is 5.32 Å². The van der Waals surface area contributed by atoms with Gasteiger partial charge in [0, 0.05) is 22.7 Å². The number of amides is 1. The minimum absolute atomic E-state index is 0.110. The summed E-state index contributed by atoms with van der Waals surface area (Å²) >= 11 is 17.6. The van der Waals surface area contributed by atoms with Gasteiger partial charge in [0.1, 0.15) is 5.75 Å². The summed E-state index contributed by atoms with van der Waals surface area (Å²) in [6.07, 6.45) is 0.723. The van der Waals surface area contributed by atoms with E-state index in [0.29, 0.717) is 27.4 Å². The fourth-order valence-electron chi connectivity index (χ4n) is 1.78. The van der Waals surface area contributed by atoms with Crippen LogP contribution in [0.4, 0.5) is 0 Å². The Morgan fingerprint density at radius 1 is 1.00 bits per heavy atom. The Balaban J connectivity index is 1.74. The summed E-state index contributed by atoms with van der Waals surface area (Å²) in [6.45, 7) is 0.410. The number of halogens is 3. The fourth-order valence-corrected chi connectivity index (χ4v) is 2.24. The maximum Gasteiger partial charge on any atom is 0.257 e. The lowest BCUT2D eigenvalue weighted by Crippen LogP contribution is -2.30. The molecule has 1 N–H and O–H groups in total. The molecule has 0 aliphatic heterocycles. The second-order valence-corrected chi connectivity index (χ2v) is 5.87. The lowest BCUT2D eigenvalue weighted by molar-refractivity contribution is -0.123. The van der Waals surface area contributed by atoms with E-state index in [1.54, 1.807) is 18.2 Å². The van der Waals surface area contributed by atoms with E-state index in [4.69, 9.17) is 39.5 Å². The normalized spacial score (nSPS) is 10.3. The van der Waals surface area contributed by atoms with Crippen molar-refractivity contribution in [2.45, 2.75) is 6.42 Å². The van der Waals surface area contributed by atoms with Crippen LogP contribution in [0, 0.1) is 0 Å². The van der Waals surface area contributed by atoms with E-state index in [1.807, 2.05) is 24.3 Å². The summed E-state index contributed by atoms with van der Waals surface area (Å²) in [6, 6.07) is 12.4. The van der Waals surface area contributed by atoms with Gasteiger partial charge in [-0.2, -0.15) is 0 Å². The number of ether oxygens (including phenoxy) is 1. The van der Waals surface area contributed by atoms with Gasteiger partial charge in [0.2, 0.25) is 0 Å². The molecule has 0 aliphatic carbocycles. The molecule has 2 rings (SSSR count). The van der Waals surface area contributed by atoms with Crippen LogP contribution in [0.1, 0.15) is 5.56 Å². The second-order valence-electron chi connectivity index (χ2n) is 4.59. The summed E-state index contributed by atoms with van der Waals surface area (Å²) in [7, 11) is 0. The van der Waals surface area contributed by atoms with Crippen LogP contribution in [0.15, 0.2) is 42.5 Å². The van der Waals surface area contributed by atoms with Crippen molar-refractivity contribution in [1.29, 1.82) is 0 Å². The molecule has 0 aromatic heterocycles. The molecule has 0 saturated heterocycles. The molecule has 6 heteroatoms. The molecule has 0 aliphatic rings. The molecule has 2 aromatic carbocycles. The van der Waals surface area contributed by atoms with E-state index in [1.165, 1.54) is 0 Å². The topological polar surface area (TPSA) is 38.3 Å². The van der Waals surface area contributed by atoms with Crippen LogP contribution in [0.25, 0.3) is 0 Å². The second kappa shape index (κ2) is 8.28. The minimum atomic E-state index is -0.218. The third kappa shape index (κ3) is 5.41. The maximum absolute atomic E-state index is 11.7. The number of nitrogens with one attached hydrogen (secondary N) is 1. The Hall–Kier alpha value is -1.42. The van der Waals surface area contributed by atoms with Crippen LogP contribution < -0.4 is 10.1 Å². The highest BCUT2D eigenvalue weighted by atomic mass is 35.5. The number of carbonyl (C=O) groups is 1. The van der Waals surface area contributed by atoms with Gasteiger partial charge in [0.15, 0.2) is 6.61 Å². The van der Waals surface area contributed by atoms with Gasteiger partial charge in [-0.3, -0.25) is 4.79 Å². The average molecular weight is 359 g/mol. The van der Waals surface area contributed by atoms with Gasteiger partial charge < -0.3 is 10.1 Å². The molecule has 0 heterocycles. The SMILES string of the molecule is O=C(COc1cc(Cl)ccc1Cl)NCCc1ccc(Cl)cc1. The first-order valence-corrected chi connectivity index (χ1v) is 7.77. The first kappa shape index (κ1) is 16.9. The first-order valence-electron chi connectivity index (χ1n) is 6.63. The Labute approximate surface area is 144 Å². The highest BCUT2D eigenvalue weighted by molar-refractivity contribution is 6.34. The van der Waals surface area contributed by atoms with Crippen molar-refractivity contribution in [3.63, 3.8) is 0 Å². The molecule has 2 aromatic rings. The minimum Gasteiger partial charge on any atom is -0.482 e. The highest BCUT2D eigenvalue weighted by Gasteiger charge is 2.06. The molecule has 0 unspecified atom stereocenters.